The van der Waals surface area contributed by atoms with Crippen molar-refractivity contribution in [3.05, 3.63) is 41.9 Å². The average molecular weight is 256 g/mol. The normalized spacial score (nSPS) is 15.2. The Balaban J connectivity index is 2.88. The minimum atomic E-state index is 0.653. The molecule has 0 saturated heterocycles. The lowest BCUT2D eigenvalue weighted by Crippen LogP contribution is -2.28. The van der Waals surface area contributed by atoms with Crippen LogP contribution in [-0.2, 0) is 0 Å². The molecule has 0 amide bonds. The molecule has 0 nitrogen and oxygen atoms in total. The minimum Gasteiger partial charge on any atom is -0.114 e. The molecule has 0 aliphatic heterocycles. The molecule has 1 aromatic rings. The summed E-state index contributed by atoms with van der Waals surface area (Å²) in [5.41, 5.74) is 1.31. The third kappa shape index (κ3) is 4.89. The van der Waals surface area contributed by atoms with Crippen LogP contribution in [0.1, 0.15) is 47.1 Å². The standard InChI is InChI=1S/C18H29B/c1-14(2)16(5)19(17(6)15(3)4)13-12-18-10-8-7-9-11-18/h7-17H,1-6H3. The van der Waals surface area contributed by atoms with Crippen molar-refractivity contribution in [1.82, 2.24) is 0 Å². The van der Waals surface area contributed by atoms with Gasteiger partial charge >= 0.3 is 0 Å². The zero-order valence-electron chi connectivity index (χ0n) is 13.4. The summed E-state index contributed by atoms with van der Waals surface area (Å²) in [5.74, 6) is 5.33. The van der Waals surface area contributed by atoms with Gasteiger partial charge in [0.25, 0.3) is 0 Å². The zero-order valence-corrected chi connectivity index (χ0v) is 13.4. The van der Waals surface area contributed by atoms with Crippen LogP contribution in [0.3, 0.4) is 0 Å². The highest BCUT2D eigenvalue weighted by atomic mass is 14.1. The summed E-state index contributed by atoms with van der Waals surface area (Å²) in [6, 6.07) is 10.6. The van der Waals surface area contributed by atoms with Crippen molar-refractivity contribution in [2.45, 2.75) is 53.2 Å². The molecule has 104 valence electrons. The molecular weight excluding hydrogens is 227 g/mol. The van der Waals surface area contributed by atoms with Gasteiger partial charge in [0.1, 0.15) is 0 Å². The monoisotopic (exact) mass is 256 g/mol. The molecule has 0 fully saturated rings. The first-order chi connectivity index (χ1) is 8.93. The van der Waals surface area contributed by atoms with Crippen molar-refractivity contribution in [2.24, 2.45) is 11.8 Å². The van der Waals surface area contributed by atoms with E-state index in [2.05, 4.69) is 83.9 Å². The highest BCUT2D eigenvalue weighted by molar-refractivity contribution is 6.68. The second-order valence-electron chi connectivity index (χ2n) is 6.55. The van der Waals surface area contributed by atoms with Crippen molar-refractivity contribution < 1.29 is 0 Å². The summed E-state index contributed by atoms with van der Waals surface area (Å²) in [7, 11) is 0. The van der Waals surface area contributed by atoms with E-state index in [0.29, 0.717) is 6.71 Å². The van der Waals surface area contributed by atoms with Gasteiger partial charge in [-0.3, -0.25) is 0 Å². The van der Waals surface area contributed by atoms with Crippen molar-refractivity contribution in [2.75, 3.05) is 0 Å². The van der Waals surface area contributed by atoms with Crippen LogP contribution in [0.4, 0.5) is 0 Å². The average Bonchev–Trinajstić information content (AvgIpc) is 2.39. The Morgan fingerprint density at radius 1 is 0.789 bits per heavy atom. The van der Waals surface area contributed by atoms with Gasteiger partial charge in [-0.05, 0) is 5.56 Å². The Labute approximate surface area is 120 Å². The van der Waals surface area contributed by atoms with E-state index in [-0.39, 0.29) is 0 Å². The summed E-state index contributed by atoms with van der Waals surface area (Å²) in [5, 5.41) is 0. The first-order valence-electron chi connectivity index (χ1n) is 7.66. The summed E-state index contributed by atoms with van der Waals surface area (Å²) < 4.78 is 0. The molecule has 0 aliphatic rings. The molecule has 0 spiro atoms. The van der Waals surface area contributed by atoms with Crippen LogP contribution >= 0.6 is 0 Å². The van der Waals surface area contributed by atoms with E-state index in [9.17, 15) is 0 Å². The van der Waals surface area contributed by atoms with E-state index in [1.54, 1.807) is 0 Å². The fraction of sp³-hybridized carbons (Fsp3) is 0.556. The van der Waals surface area contributed by atoms with Crippen LogP contribution in [0.15, 0.2) is 36.3 Å². The Kier molecular flexibility index (Phi) is 6.41. The minimum absolute atomic E-state index is 0.653. The Morgan fingerprint density at radius 2 is 1.26 bits per heavy atom. The maximum Gasteiger partial charge on any atom is 0.172 e. The zero-order chi connectivity index (χ0) is 14.4. The van der Waals surface area contributed by atoms with Crippen LogP contribution in [0.25, 0.3) is 6.08 Å². The van der Waals surface area contributed by atoms with Gasteiger partial charge in [0.05, 0.1) is 0 Å². The summed E-state index contributed by atoms with van der Waals surface area (Å²) in [6.45, 7) is 14.8. The third-order valence-corrected chi connectivity index (χ3v) is 4.63. The highest BCUT2D eigenvalue weighted by Crippen LogP contribution is 2.33. The molecule has 0 N–H and O–H groups in total. The van der Waals surface area contributed by atoms with E-state index in [0.717, 1.165) is 23.5 Å². The van der Waals surface area contributed by atoms with E-state index >= 15 is 0 Å². The van der Waals surface area contributed by atoms with Crippen LogP contribution in [0.2, 0.25) is 11.6 Å². The van der Waals surface area contributed by atoms with Crippen molar-refractivity contribution in [3.63, 3.8) is 0 Å². The highest BCUT2D eigenvalue weighted by Gasteiger charge is 2.28. The van der Waals surface area contributed by atoms with Gasteiger partial charge < -0.3 is 0 Å². The molecule has 1 rings (SSSR count). The molecule has 0 radical (unpaired) electrons. The second kappa shape index (κ2) is 7.57. The van der Waals surface area contributed by atoms with Crippen molar-refractivity contribution in [1.29, 1.82) is 0 Å². The number of rotatable bonds is 6. The second-order valence-corrected chi connectivity index (χ2v) is 6.55. The van der Waals surface area contributed by atoms with E-state index < -0.39 is 0 Å². The fourth-order valence-electron chi connectivity index (χ4n) is 2.50. The molecule has 1 heteroatoms. The van der Waals surface area contributed by atoms with Gasteiger partial charge in [-0.1, -0.05) is 101 Å². The topological polar surface area (TPSA) is 0 Å². The Hall–Kier alpha value is -0.975. The fourth-order valence-corrected chi connectivity index (χ4v) is 2.50. The van der Waals surface area contributed by atoms with Crippen LogP contribution in [0, 0.1) is 11.8 Å². The van der Waals surface area contributed by atoms with E-state index in [1.165, 1.54) is 5.56 Å². The van der Waals surface area contributed by atoms with Gasteiger partial charge in [0.2, 0.25) is 0 Å². The lowest BCUT2D eigenvalue weighted by molar-refractivity contribution is 0.567. The molecule has 2 unspecified atom stereocenters. The molecule has 0 aromatic heterocycles. The van der Waals surface area contributed by atoms with E-state index in [4.69, 9.17) is 0 Å². The molecule has 0 saturated carbocycles. The number of benzene rings is 1. The molecule has 0 bridgehead atoms. The molecule has 0 aliphatic carbocycles. The lowest BCUT2D eigenvalue weighted by atomic mass is 9.31. The molecular formula is C18H29B. The maximum atomic E-state index is 2.44. The molecule has 19 heavy (non-hydrogen) atoms. The molecule has 1 aromatic carbocycles. The van der Waals surface area contributed by atoms with Crippen LogP contribution in [0.5, 0.6) is 0 Å². The predicted molar refractivity (Wildman–Crippen MR) is 89.8 cm³/mol. The molecule has 2 atom stereocenters. The third-order valence-electron chi connectivity index (χ3n) is 4.63. The quantitative estimate of drug-likeness (QED) is 0.562. The van der Waals surface area contributed by atoms with Gasteiger partial charge in [-0.15, -0.1) is 5.98 Å². The number of hydrogen-bond donors (Lipinski definition) is 0. The molecule has 0 heterocycles. The van der Waals surface area contributed by atoms with Gasteiger partial charge in [-0.25, -0.2) is 0 Å². The first-order valence-corrected chi connectivity index (χ1v) is 7.66. The largest absolute Gasteiger partial charge is 0.172 e. The van der Waals surface area contributed by atoms with Crippen LogP contribution < -0.4 is 0 Å². The lowest BCUT2D eigenvalue weighted by Gasteiger charge is -2.29. The van der Waals surface area contributed by atoms with Gasteiger partial charge in [0.15, 0.2) is 6.71 Å². The summed E-state index contributed by atoms with van der Waals surface area (Å²) in [4.78, 5) is 0. The first kappa shape index (κ1) is 16.1. The summed E-state index contributed by atoms with van der Waals surface area (Å²) in [6.07, 6.45) is 2.29. The Morgan fingerprint density at radius 3 is 1.68 bits per heavy atom. The Bertz CT molecular complexity index is 364. The smallest absolute Gasteiger partial charge is 0.114 e. The number of hydrogen-bond acceptors (Lipinski definition) is 0. The maximum absolute atomic E-state index is 2.44. The van der Waals surface area contributed by atoms with Gasteiger partial charge in [-0.2, -0.15) is 0 Å². The van der Waals surface area contributed by atoms with Crippen molar-refractivity contribution >= 4 is 12.8 Å². The van der Waals surface area contributed by atoms with Gasteiger partial charge in [0, 0.05) is 0 Å². The SMILES string of the molecule is CC(C)C(C)B(C=Cc1ccccc1)C(C)C(C)C. The van der Waals surface area contributed by atoms with E-state index in [1.807, 2.05) is 0 Å². The van der Waals surface area contributed by atoms with Crippen molar-refractivity contribution in [3.8, 4) is 0 Å². The summed E-state index contributed by atoms with van der Waals surface area (Å²) >= 11 is 0. The van der Waals surface area contributed by atoms with Crippen LogP contribution in [-0.4, -0.2) is 6.71 Å². The predicted octanol–water partition coefficient (Wildman–Crippen LogP) is 5.83.